The van der Waals surface area contributed by atoms with E-state index in [4.69, 9.17) is 0 Å². The Morgan fingerprint density at radius 1 is 1.15 bits per heavy atom. The van der Waals surface area contributed by atoms with Crippen LogP contribution < -0.4 is 5.32 Å². The highest BCUT2D eigenvalue weighted by molar-refractivity contribution is 6.05. The summed E-state index contributed by atoms with van der Waals surface area (Å²) in [7, 11) is 0. The second-order valence-corrected chi connectivity index (χ2v) is 4.76. The van der Waals surface area contributed by atoms with Crippen LogP contribution in [0.4, 0.5) is 5.69 Å². The molecule has 2 aromatic rings. The summed E-state index contributed by atoms with van der Waals surface area (Å²) >= 11 is 0. The van der Waals surface area contributed by atoms with Crippen molar-refractivity contribution in [1.29, 1.82) is 0 Å². The fourth-order valence-corrected chi connectivity index (χ4v) is 2.12. The number of benzene rings is 1. The average molecular weight is 270 g/mol. The summed E-state index contributed by atoms with van der Waals surface area (Å²) in [6.45, 7) is 5.47. The fourth-order valence-electron chi connectivity index (χ4n) is 2.12. The number of carbonyl (C=O) groups excluding carboxylic acids is 2. The van der Waals surface area contributed by atoms with Crippen molar-refractivity contribution in [2.75, 3.05) is 5.32 Å². The van der Waals surface area contributed by atoms with Crippen LogP contribution in [-0.4, -0.2) is 16.7 Å². The van der Waals surface area contributed by atoms with Gasteiger partial charge in [0.2, 0.25) is 0 Å². The highest BCUT2D eigenvalue weighted by atomic mass is 16.2. The molecule has 0 saturated carbocycles. The number of ketones is 1. The largest absolute Gasteiger partial charge is 0.348 e. The van der Waals surface area contributed by atoms with Crippen molar-refractivity contribution in [3.05, 3.63) is 52.8 Å². The molecule has 2 N–H and O–H groups in total. The average Bonchev–Trinajstić information content (AvgIpc) is 2.91. The molecule has 0 atom stereocenters. The summed E-state index contributed by atoms with van der Waals surface area (Å²) in [6, 6.07) is 9.18. The number of hydrogen-bond acceptors (Lipinski definition) is 2. The fraction of sp³-hybridized carbons (Fsp3) is 0.250. The van der Waals surface area contributed by atoms with Crippen LogP contribution in [0, 0.1) is 6.92 Å². The number of aryl methyl sites for hydroxylation is 2. The molecule has 1 aromatic heterocycles. The first-order chi connectivity index (χ1) is 9.52. The third kappa shape index (κ3) is 2.79. The lowest BCUT2D eigenvalue weighted by Crippen LogP contribution is -2.15. The molecule has 0 saturated heterocycles. The van der Waals surface area contributed by atoms with E-state index in [0.717, 1.165) is 23.2 Å². The molecule has 1 aromatic carbocycles. The van der Waals surface area contributed by atoms with Crippen LogP contribution in [-0.2, 0) is 6.42 Å². The molecule has 0 unspecified atom stereocenters. The van der Waals surface area contributed by atoms with Gasteiger partial charge < -0.3 is 10.3 Å². The number of aromatic amines is 1. The van der Waals surface area contributed by atoms with Crippen LogP contribution in [0.3, 0.4) is 0 Å². The molecule has 0 aliphatic carbocycles. The lowest BCUT2D eigenvalue weighted by atomic mass is 10.1. The Balaban J connectivity index is 2.25. The number of Topliss-reactive ketones (excluding diaryl/α,β-unsaturated/α-hetero) is 1. The Kier molecular flexibility index (Phi) is 4.03. The van der Waals surface area contributed by atoms with Crippen LogP contribution in [0.5, 0.6) is 0 Å². The number of anilines is 1. The van der Waals surface area contributed by atoms with Gasteiger partial charge in [0.25, 0.3) is 5.91 Å². The number of amides is 1. The molecule has 1 amide bonds. The van der Waals surface area contributed by atoms with Gasteiger partial charge >= 0.3 is 0 Å². The van der Waals surface area contributed by atoms with E-state index in [0.29, 0.717) is 11.4 Å². The van der Waals surface area contributed by atoms with Crippen LogP contribution >= 0.6 is 0 Å². The monoisotopic (exact) mass is 270 g/mol. The summed E-state index contributed by atoms with van der Waals surface area (Å²) in [5.41, 5.74) is 3.79. The van der Waals surface area contributed by atoms with Crippen molar-refractivity contribution < 1.29 is 9.59 Å². The predicted molar refractivity (Wildman–Crippen MR) is 79.3 cm³/mol. The van der Waals surface area contributed by atoms with Gasteiger partial charge in [-0.2, -0.15) is 0 Å². The molecule has 0 spiro atoms. The summed E-state index contributed by atoms with van der Waals surface area (Å²) in [5, 5.41) is 2.92. The van der Waals surface area contributed by atoms with Crippen molar-refractivity contribution in [3.8, 4) is 0 Å². The van der Waals surface area contributed by atoms with Gasteiger partial charge in [-0.3, -0.25) is 9.59 Å². The molecular formula is C16H18N2O2. The topological polar surface area (TPSA) is 62.0 Å². The maximum atomic E-state index is 12.2. The van der Waals surface area contributed by atoms with E-state index >= 15 is 0 Å². The molecule has 0 aliphatic rings. The number of carbonyl (C=O) groups is 2. The Morgan fingerprint density at radius 2 is 1.85 bits per heavy atom. The van der Waals surface area contributed by atoms with Gasteiger partial charge in [-0.1, -0.05) is 25.1 Å². The Labute approximate surface area is 118 Å². The smallest absolute Gasteiger partial charge is 0.272 e. The van der Waals surface area contributed by atoms with Gasteiger partial charge in [-0.05, 0) is 36.6 Å². The zero-order chi connectivity index (χ0) is 14.7. The Morgan fingerprint density at radius 3 is 2.45 bits per heavy atom. The quantitative estimate of drug-likeness (QED) is 0.837. The number of para-hydroxylation sites is 1. The van der Waals surface area contributed by atoms with E-state index in [1.54, 1.807) is 12.1 Å². The Hall–Kier alpha value is -2.36. The molecular weight excluding hydrogens is 252 g/mol. The van der Waals surface area contributed by atoms with Gasteiger partial charge in [0, 0.05) is 12.6 Å². The van der Waals surface area contributed by atoms with Crippen LogP contribution in [0.2, 0.25) is 0 Å². The third-order valence-electron chi connectivity index (χ3n) is 3.29. The molecule has 0 radical (unpaired) electrons. The first-order valence-corrected chi connectivity index (χ1v) is 6.62. The third-order valence-corrected chi connectivity index (χ3v) is 3.29. The van der Waals surface area contributed by atoms with E-state index in [9.17, 15) is 9.59 Å². The first kappa shape index (κ1) is 14.1. The summed E-state index contributed by atoms with van der Waals surface area (Å²) < 4.78 is 0. The Bertz CT molecular complexity index is 656. The second kappa shape index (κ2) is 5.74. The predicted octanol–water partition coefficient (Wildman–Crippen LogP) is 3.34. The van der Waals surface area contributed by atoms with E-state index in [1.165, 1.54) is 6.92 Å². The van der Waals surface area contributed by atoms with Crippen LogP contribution in [0.15, 0.2) is 30.3 Å². The number of nitrogens with one attached hydrogen (secondary N) is 2. The standard InChI is InChI=1S/C16H18N2O2/c1-4-12-7-5-6-10(2)15(12)18-16(20)14-9-8-13(17-14)11(3)19/h5-9,17H,4H2,1-3H3,(H,18,20). The van der Waals surface area contributed by atoms with E-state index < -0.39 is 0 Å². The molecule has 0 fully saturated rings. The highest BCUT2D eigenvalue weighted by Crippen LogP contribution is 2.21. The van der Waals surface area contributed by atoms with Crippen LogP contribution in [0.25, 0.3) is 0 Å². The SMILES string of the molecule is CCc1cccc(C)c1NC(=O)c1ccc(C(C)=O)[nH]1. The maximum absolute atomic E-state index is 12.2. The molecule has 104 valence electrons. The number of rotatable bonds is 4. The number of hydrogen-bond donors (Lipinski definition) is 2. The zero-order valence-corrected chi connectivity index (χ0v) is 11.9. The van der Waals surface area contributed by atoms with Gasteiger partial charge in [0.1, 0.15) is 5.69 Å². The van der Waals surface area contributed by atoms with E-state index in [1.807, 2.05) is 32.0 Å². The van der Waals surface area contributed by atoms with Crippen molar-refractivity contribution >= 4 is 17.4 Å². The van der Waals surface area contributed by atoms with Crippen molar-refractivity contribution in [3.63, 3.8) is 0 Å². The molecule has 0 aliphatic heterocycles. The minimum atomic E-state index is -0.235. The molecule has 20 heavy (non-hydrogen) atoms. The second-order valence-electron chi connectivity index (χ2n) is 4.76. The van der Waals surface area contributed by atoms with Gasteiger partial charge in [-0.15, -0.1) is 0 Å². The summed E-state index contributed by atoms with van der Waals surface area (Å²) in [4.78, 5) is 26.3. The normalized spacial score (nSPS) is 10.3. The van der Waals surface area contributed by atoms with Crippen molar-refractivity contribution in [2.45, 2.75) is 27.2 Å². The first-order valence-electron chi connectivity index (χ1n) is 6.62. The van der Waals surface area contributed by atoms with Crippen molar-refractivity contribution in [1.82, 2.24) is 4.98 Å². The van der Waals surface area contributed by atoms with Gasteiger partial charge in [0.05, 0.1) is 5.69 Å². The van der Waals surface area contributed by atoms with E-state index in [2.05, 4.69) is 10.3 Å². The van der Waals surface area contributed by atoms with Gasteiger partial charge in [-0.25, -0.2) is 0 Å². The summed E-state index contributed by atoms with van der Waals surface area (Å²) in [6.07, 6.45) is 0.848. The maximum Gasteiger partial charge on any atom is 0.272 e. The molecule has 2 rings (SSSR count). The molecule has 4 heteroatoms. The van der Waals surface area contributed by atoms with E-state index in [-0.39, 0.29) is 11.7 Å². The minimum absolute atomic E-state index is 0.0887. The van der Waals surface area contributed by atoms with Crippen molar-refractivity contribution in [2.24, 2.45) is 0 Å². The highest BCUT2D eigenvalue weighted by Gasteiger charge is 2.13. The zero-order valence-electron chi connectivity index (χ0n) is 11.9. The lowest BCUT2D eigenvalue weighted by Gasteiger charge is -2.12. The van der Waals surface area contributed by atoms with Crippen LogP contribution in [0.1, 0.15) is 46.0 Å². The summed E-state index contributed by atoms with van der Waals surface area (Å²) in [5.74, 6) is -0.323. The molecule has 1 heterocycles. The molecule has 4 nitrogen and oxygen atoms in total. The number of aromatic nitrogens is 1. The number of H-pyrrole nitrogens is 1. The minimum Gasteiger partial charge on any atom is -0.348 e. The van der Waals surface area contributed by atoms with Gasteiger partial charge in [0.15, 0.2) is 5.78 Å². The lowest BCUT2D eigenvalue weighted by molar-refractivity contribution is 0.101. The molecule has 0 bridgehead atoms.